The van der Waals surface area contributed by atoms with Gasteiger partial charge in [0.05, 0.1) is 12.4 Å². The zero-order valence-electron chi connectivity index (χ0n) is 13.6. The maximum Gasteiger partial charge on any atom is 0.165 e. The van der Waals surface area contributed by atoms with Gasteiger partial charge < -0.3 is 16.4 Å². The minimum Gasteiger partial charge on any atom is -0.384 e. The zero-order valence-corrected chi connectivity index (χ0v) is 13.6. The van der Waals surface area contributed by atoms with Crippen molar-refractivity contribution in [1.82, 2.24) is 35.0 Å². The Kier molecular flexibility index (Phi) is 4.26. The van der Waals surface area contributed by atoms with Gasteiger partial charge in [-0.2, -0.15) is 14.7 Å². The van der Waals surface area contributed by atoms with Crippen molar-refractivity contribution >= 4 is 11.5 Å². The zero-order chi connectivity index (χ0) is 16.4. The van der Waals surface area contributed by atoms with Gasteiger partial charge in [0.2, 0.25) is 0 Å². The fourth-order valence-electron chi connectivity index (χ4n) is 2.68. The molecule has 0 aromatic carbocycles. The molecule has 0 spiro atoms. The van der Waals surface area contributed by atoms with Crippen LogP contribution in [0, 0.1) is 0 Å². The van der Waals surface area contributed by atoms with Crippen LogP contribution in [0.3, 0.4) is 0 Å². The average Bonchev–Trinajstić information content (AvgIpc) is 3.13. The third-order valence-electron chi connectivity index (χ3n) is 3.88. The molecule has 0 amide bonds. The molecule has 0 aliphatic carbocycles. The molecular formula is C15H22N8. The number of fused-ring (bicyclic) bond motifs is 1. The molecule has 0 saturated heterocycles. The first-order valence-corrected chi connectivity index (χ1v) is 7.56. The Morgan fingerprint density at radius 2 is 2.09 bits per heavy atom. The van der Waals surface area contributed by atoms with Crippen LogP contribution in [0.5, 0.6) is 0 Å². The Morgan fingerprint density at radius 1 is 1.26 bits per heavy atom. The second kappa shape index (κ2) is 6.35. The summed E-state index contributed by atoms with van der Waals surface area (Å²) in [5, 5.41) is 15.0. The Hall–Kier alpha value is -2.45. The van der Waals surface area contributed by atoms with Crippen molar-refractivity contribution in [3.05, 3.63) is 30.4 Å². The maximum absolute atomic E-state index is 6.15. The highest BCUT2D eigenvalue weighted by atomic mass is 15.3. The van der Waals surface area contributed by atoms with E-state index < -0.39 is 0 Å². The van der Waals surface area contributed by atoms with Crippen LogP contribution in [0.4, 0.5) is 5.82 Å². The Labute approximate surface area is 134 Å². The topological polar surface area (TPSA) is 98.1 Å². The van der Waals surface area contributed by atoms with Crippen LogP contribution >= 0.6 is 0 Å². The minimum atomic E-state index is 0.291. The summed E-state index contributed by atoms with van der Waals surface area (Å²) >= 11 is 0. The number of nitrogens with two attached hydrogens (primary N) is 1. The first-order chi connectivity index (χ1) is 11.1. The molecule has 3 aromatic rings. The van der Waals surface area contributed by atoms with Gasteiger partial charge in [0.25, 0.3) is 0 Å². The molecule has 0 saturated carbocycles. The molecule has 3 heterocycles. The fraction of sp³-hybridized carbons (Fsp3) is 0.400. The molecule has 3 aromatic heterocycles. The van der Waals surface area contributed by atoms with E-state index >= 15 is 0 Å². The van der Waals surface area contributed by atoms with Crippen LogP contribution in [0.1, 0.15) is 5.69 Å². The summed E-state index contributed by atoms with van der Waals surface area (Å²) in [6.45, 7) is 0.859. The molecular weight excluding hydrogens is 292 g/mol. The molecule has 0 aliphatic heterocycles. The third-order valence-corrected chi connectivity index (χ3v) is 3.88. The number of nitrogen functional groups attached to an aromatic ring is 1. The second-order valence-corrected chi connectivity index (χ2v) is 5.62. The van der Waals surface area contributed by atoms with E-state index in [1.165, 1.54) is 0 Å². The van der Waals surface area contributed by atoms with Gasteiger partial charge in [-0.05, 0) is 14.1 Å². The molecule has 122 valence electrons. The lowest BCUT2D eigenvalue weighted by atomic mass is 10.1. The van der Waals surface area contributed by atoms with Gasteiger partial charge in [-0.3, -0.25) is 4.68 Å². The van der Waals surface area contributed by atoms with E-state index in [9.17, 15) is 0 Å². The number of hydrogen-bond donors (Lipinski definition) is 3. The van der Waals surface area contributed by atoms with Crippen LogP contribution in [-0.4, -0.2) is 51.1 Å². The predicted octanol–water partition coefficient (Wildman–Crippen LogP) is 0.0619. The molecule has 0 radical (unpaired) electrons. The summed E-state index contributed by atoms with van der Waals surface area (Å²) in [6, 6.07) is 2.17. The molecule has 0 fully saturated rings. The maximum atomic E-state index is 6.15. The van der Waals surface area contributed by atoms with Gasteiger partial charge in [-0.15, -0.1) is 0 Å². The largest absolute Gasteiger partial charge is 0.384 e. The minimum absolute atomic E-state index is 0.291. The van der Waals surface area contributed by atoms with Crippen LogP contribution in [-0.2, 0) is 13.5 Å². The van der Waals surface area contributed by atoms with E-state index in [1.54, 1.807) is 21.6 Å². The van der Waals surface area contributed by atoms with E-state index in [2.05, 4.69) is 20.8 Å². The molecule has 23 heavy (non-hydrogen) atoms. The van der Waals surface area contributed by atoms with Crippen molar-refractivity contribution in [2.24, 2.45) is 7.05 Å². The monoisotopic (exact) mass is 314 g/mol. The number of nitrogens with zero attached hydrogens (tertiary/aromatic N) is 5. The van der Waals surface area contributed by atoms with E-state index in [1.807, 2.05) is 33.4 Å². The fourth-order valence-corrected chi connectivity index (χ4v) is 2.68. The second-order valence-electron chi connectivity index (χ2n) is 5.62. The number of nitrogens with one attached hydrogen (secondary N) is 2. The summed E-state index contributed by atoms with van der Waals surface area (Å²) in [5.74, 6) is 0.583. The molecule has 8 heteroatoms. The van der Waals surface area contributed by atoms with Gasteiger partial charge in [0.1, 0.15) is 5.82 Å². The van der Waals surface area contributed by atoms with Crippen LogP contribution < -0.4 is 16.4 Å². The van der Waals surface area contributed by atoms with E-state index in [0.717, 1.165) is 35.4 Å². The Morgan fingerprint density at radius 3 is 2.74 bits per heavy atom. The standard InChI is InChI=1S/C15H22N8/c1-17-7-12(18-2)4-11-5-14(16)23-15(21-11)13(8-20-23)10-6-19-22(3)9-10/h5-6,8-9,12,17-18H,4,7,16H2,1-3H3. The van der Waals surface area contributed by atoms with Crippen molar-refractivity contribution in [2.75, 3.05) is 26.4 Å². The van der Waals surface area contributed by atoms with E-state index in [-0.39, 0.29) is 0 Å². The van der Waals surface area contributed by atoms with E-state index in [4.69, 9.17) is 10.7 Å². The predicted molar refractivity (Wildman–Crippen MR) is 90.1 cm³/mol. The summed E-state index contributed by atoms with van der Waals surface area (Å²) in [6.07, 6.45) is 6.32. The lowest BCUT2D eigenvalue weighted by molar-refractivity contribution is 0.525. The van der Waals surface area contributed by atoms with Gasteiger partial charge in [-0.1, -0.05) is 0 Å². The molecule has 0 bridgehead atoms. The van der Waals surface area contributed by atoms with Gasteiger partial charge >= 0.3 is 0 Å². The summed E-state index contributed by atoms with van der Waals surface area (Å²) in [5.41, 5.74) is 9.76. The highest BCUT2D eigenvalue weighted by Gasteiger charge is 2.15. The molecule has 1 atom stereocenters. The lowest BCUT2D eigenvalue weighted by Crippen LogP contribution is -2.37. The number of likely N-dealkylation sites (N-methyl/N-ethyl adjacent to an activating group) is 2. The van der Waals surface area contributed by atoms with Crippen molar-refractivity contribution in [1.29, 1.82) is 0 Å². The van der Waals surface area contributed by atoms with Gasteiger partial charge in [-0.25, -0.2) is 4.98 Å². The molecule has 8 nitrogen and oxygen atoms in total. The average molecular weight is 314 g/mol. The van der Waals surface area contributed by atoms with Crippen molar-refractivity contribution in [3.63, 3.8) is 0 Å². The SMILES string of the molecule is CNCC(Cc1cc(N)n2ncc(-c3cnn(C)c3)c2n1)NC. The number of rotatable bonds is 6. The third kappa shape index (κ3) is 3.03. The highest BCUT2D eigenvalue weighted by molar-refractivity contribution is 5.77. The van der Waals surface area contributed by atoms with Crippen LogP contribution in [0.25, 0.3) is 16.8 Å². The smallest absolute Gasteiger partial charge is 0.165 e. The first kappa shape index (κ1) is 15.4. The summed E-state index contributed by atoms with van der Waals surface area (Å²) < 4.78 is 3.42. The van der Waals surface area contributed by atoms with Gasteiger partial charge in [0, 0.05) is 55.1 Å². The summed E-state index contributed by atoms with van der Waals surface area (Å²) in [7, 11) is 5.77. The lowest BCUT2D eigenvalue weighted by Gasteiger charge is -2.15. The number of hydrogen-bond acceptors (Lipinski definition) is 6. The van der Waals surface area contributed by atoms with Crippen molar-refractivity contribution in [3.8, 4) is 11.1 Å². The quantitative estimate of drug-likeness (QED) is 0.595. The molecule has 0 aliphatic rings. The molecule has 1 unspecified atom stereocenters. The summed E-state index contributed by atoms with van der Waals surface area (Å²) in [4.78, 5) is 4.77. The van der Waals surface area contributed by atoms with Crippen LogP contribution in [0.15, 0.2) is 24.7 Å². The van der Waals surface area contributed by atoms with Crippen molar-refractivity contribution < 1.29 is 0 Å². The van der Waals surface area contributed by atoms with E-state index in [0.29, 0.717) is 11.9 Å². The first-order valence-electron chi connectivity index (χ1n) is 7.56. The van der Waals surface area contributed by atoms with Gasteiger partial charge in [0.15, 0.2) is 5.65 Å². The molecule has 4 N–H and O–H groups in total. The van der Waals surface area contributed by atoms with Crippen LogP contribution in [0.2, 0.25) is 0 Å². The highest BCUT2D eigenvalue weighted by Crippen LogP contribution is 2.24. The Bertz CT molecular complexity index is 803. The Balaban J connectivity index is 2.02. The number of anilines is 1. The van der Waals surface area contributed by atoms with Crippen molar-refractivity contribution in [2.45, 2.75) is 12.5 Å². The normalized spacial score (nSPS) is 12.8. The number of aromatic nitrogens is 5. The number of aryl methyl sites for hydroxylation is 1. The molecule has 3 rings (SSSR count).